The van der Waals surface area contributed by atoms with Gasteiger partial charge in [0.1, 0.15) is 0 Å². The second kappa shape index (κ2) is 12.9. The Morgan fingerprint density at radius 2 is 1.65 bits per heavy atom. The molecule has 1 amide bonds. The summed E-state index contributed by atoms with van der Waals surface area (Å²) in [5.74, 6) is -0.632. The van der Waals surface area contributed by atoms with Gasteiger partial charge >= 0.3 is 5.97 Å². The van der Waals surface area contributed by atoms with Crippen LogP contribution >= 0.6 is 0 Å². The minimum absolute atomic E-state index is 0.0170. The lowest BCUT2D eigenvalue weighted by Gasteiger charge is -2.29. The van der Waals surface area contributed by atoms with Gasteiger partial charge in [-0.2, -0.15) is 0 Å². The fourth-order valence-electron chi connectivity index (χ4n) is 4.12. The molecule has 37 heavy (non-hydrogen) atoms. The molecule has 192 valence electrons. The van der Waals surface area contributed by atoms with Gasteiger partial charge in [-0.1, -0.05) is 66.7 Å². The lowest BCUT2D eigenvalue weighted by molar-refractivity contribution is -0.150. The number of ether oxygens (including phenoxy) is 3. The molecule has 4 rings (SSSR count). The van der Waals surface area contributed by atoms with Crippen molar-refractivity contribution in [2.75, 3.05) is 13.7 Å². The van der Waals surface area contributed by atoms with E-state index < -0.39 is 12.3 Å². The summed E-state index contributed by atoms with van der Waals surface area (Å²) in [6, 6.07) is 24.6. The molecule has 7 heteroatoms. The van der Waals surface area contributed by atoms with Crippen LogP contribution in [0.4, 0.5) is 0 Å². The SMILES string of the molecule is COC(=O)c1ccc([C@@H]2C=C(C(=O)NCCc3ccccc3)O[C@H](OCc3ccc(CO)cc3)C2)cc1. The Morgan fingerprint density at radius 3 is 2.32 bits per heavy atom. The van der Waals surface area contributed by atoms with Crippen molar-refractivity contribution in [1.82, 2.24) is 5.32 Å². The summed E-state index contributed by atoms with van der Waals surface area (Å²) in [6.07, 6.45) is 2.39. The summed E-state index contributed by atoms with van der Waals surface area (Å²) in [5.41, 5.74) is 4.29. The molecule has 2 N–H and O–H groups in total. The number of aliphatic hydroxyl groups is 1. The second-order valence-electron chi connectivity index (χ2n) is 8.81. The predicted octanol–water partition coefficient (Wildman–Crippen LogP) is 4.26. The number of methoxy groups -OCH3 is 1. The molecule has 1 heterocycles. The van der Waals surface area contributed by atoms with E-state index in [9.17, 15) is 14.7 Å². The molecule has 2 atom stereocenters. The van der Waals surface area contributed by atoms with Crippen LogP contribution in [-0.2, 0) is 38.6 Å². The predicted molar refractivity (Wildman–Crippen MR) is 138 cm³/mol. The molecular formula is C30H31NO6. The van der Waals surface area contributed by atoms with Crippen LogP contribution in [0.1, 0.15) is 45.0 Å². The number of rotatable bonds is 10. The van der Waals surface area contributed by atoms with E-state index in [0.717, 1.165) is 22.3 Å². The van der Waals surface area contributed by atoms with Crippen molar-refractivity contribution in [3.05, 3.63) is 119 Å². The van der Waals surface area contributed by atoms with Gasteiger partial charge in [-0.25, -0.2) is 4.79 Å². The minimum Gasteiger partial charge on any atom is -0.465 e. The molecule has 0 unspecified atom stereocenters. The lowest BCUT2D eigenvalue weighted by atomic mass is 9.92. The second-order valence-corrected chi connectivity index (χ2v) is 8.81. The largest absolute Gasteiger partial charge is 0.465 e. The third-order valence-electron chi connectivity index (χ3n) is 6.22. The van der Waals surface area contributed by atoms with Crippen molar-refractivity contribution in [3.8, 4) is 0 Å². The van der Waals surface area contributed by atoms with Gasteiger partial charge in [0, 0.05) is 18.9 Å². The number of hydrogen-bond donors (Lipinski definition) is 2. The number of hydrogen-bond acceptors (Lipinski definition) is 6. The van der Waals surface area contributed by atoms with Crippen LogP contribution in [0.3, 0.4) is 0 Å². The average molecular weight is 502 g/mol. The number of allylic oxidation sites excluding steroid dienone is 1. The molecular weight excluding hydrogens is 470 g/mol. The first-order chi connectivity index (χ1) is 18.1. The van der Waals surface area contributed by atoms with Crippen LogP contribution in [0.2, 0.25) is 0 Å². The Bertz CT molecular complexity index is 1210. The van der Waals surface area contributed by atoms with Crippen molar-refractivity contribution in [2.24, 2.45) is 0 Å². The van der Waals surface area contributed by atoms with E-state index in [1.807, 2.05) is 66.7 Å². The molecule has 0 spiro atoms. The number of carbonyl (C=O) groups excluding carboxylic acids is 2. The van der Waals surface area contributed by atoms with Crippen LogP contribution in [0.5, 0.6) is 0 Å². The third kappa shape index (κ3) is 7.29. The molecule has 0 bridgehead atoms. The van der Waals surface area contributed by atoms with Gasteiger partial charge in [0.15, 0.2) is 5.76 Å². The van der Waals surface area contributed by atoms with Gasteiger partial charge in [-0.05, 0) is 46.9 Å². The fourth-order valence-corrected chi connectivity index (χ4v) is 4.12. The normalized spacial score (nSPS) is 16.9. The average Bonchev–Trinajstić information content (AvgIpc) is 2.96. The molecule has 7 nitrogen and oxygen atoms in total. The van der Waals surface area contributed by atoms with Crippen LogP contribution in [0.15, 0.2) is 90.7 Å². The Kier molecular flexibility index (Phi) is 9.08. The van der Waals surface area contributed by atoms with E-state index in [4.69, 9.17) is 14.2 Å². The zero-order valence-corrected chi connectivity index (χ0v) is 20.8. The highest BCUT2D eigenvalue weighted by Gasteiger charge is 2.29. The number of aliphatic hydroxyl groups excluding tert-OH is 1. The smallest absolute Gasteiger partial charge is 0.337 e. The molecule has 3 aromatic carbocycles. The van der Waals surface area contributed by atoms with Gasteiger partial charge in [0.2, 0.25) is 6.29 Å². The van der Waals surface area contributed by atoms with Gasteiger partial charge < -0.3 is 24.6 Å². The Labute approximate surface area is 216 Å². The van der Waals surface area contributed by atoms with E-state index >= 15 is 0 Å². The standard InChI is InChI=1S/C30H31NO6/c1-35-30(34)25-13-11-24(12-14-25)26-17-27(29(33)31-16-15-21-5-3-2-4-6-21)37-28(18-26)36-20-23-9-7-22(19-32)8-10-23/h2-14,17,26,28,32H,15-16,18-20H2,1H3,(H,31,33)/t26-,28+/m1/s1. The van der Waals surface area contributed by atoms with Gasteiger partial charge in [0.25, 0.3) is 5.91 Å². The fraction of sp³-hybridized carbons (Fsp3) is 0.267. The topological polar surface area (TPSA) is 94.1 Å². The van der Waals surface area contributed by atoms with Crippen LogP contribution in [0, 0.1) is 0 Å². The summed E-state index contributed by atoms with van der Waals surface area (Å²) in [5, 5.41) is 12.2. The van der Waals surface area contributed by atoms with Crippen molar-refractivity contribution >= 4 is 11.9 Å². The maximum absolute atomic E-state index is 13.0. The maximum Gasteiger partial charge on any atom is 0.337 e. The van der Waals surface area contributed by atoms with E-state index in [1.165, 1.54) is 7.11 Å². The highest BCUT2D eigenvalue weighted by atomic mass is 16.7. The number of benzene rings is 3. The van der Waals surface area contributed by atoms with Gasteiger partial charge in [0.05, 0.1) is 25.9 Å². The summed E-state index contributed by atoms with van der Waals surface area (Å²) in [4.78, 5) is 24.8. The molecule has 3 aromatic rings. The van der Waals surface area contributed by atoms with Crippen molar-refractivity contribution < 1.29 is 28.9 Å². The zero-order chi connectivity index (χ0) is 26.0. The highest BCUT2D eigenvalue weighted by molar-refractivity contribution is 5.92. The molecule has 0 aliphatic carbocycles. The van der Waals surface area contributed by atoms with Crippen LogP contribution in [-0.4, -0.2) is 36.9 Å². The van der Waals surface area contributed by atoms with Gasteiger partial charge in [-0.15, -0.1) is 0 Å². The third-order valence-corrected chi connectivity index (χ3v) is 6.22. The van der Waals surface area contributed by atoms with Gasteiger partial charge in [-0.3, -0.25) is 4.79 Å². The first-order valence-electron chi connectivity index (χ1n) is 12.2. The van der Waals surface area contributed by atoms with Crippen LogP contribution in [0.25, 0.3) is 0 Å². The van der Waals surface area contributed by atoms with Crippen molar-refractivity contribution in [1.29, 1.82) is 0 Å². The number of nitrogens with one attached hydrogen (secondary N) is 1. The molecule has 1 aliphatic rings. The summed E-state index contributed by atoms with van der Waals surface area (Å²) < 4.78 is 16.8. The molecule has 0 saturated carbocycles. The Balaban J connectivity index is 1.45. The maximum atomic E-state index is 13.0. The first-order valence-corrected chi connectivity index (χ1v) is 12.2. The van der Waals surface area contributed by atoms with E-state index in [1.54, 1.807) is 18.2 Å². The molecule has 0 radical (unpaired) electrons. The molecule has 0 saturated heterocycles. The van der Waals surface area contributed by atoms with E-state index in [-0.39, 0.29) is 24.2 Å². The number of amides is 1. The monoisotopic (exact) mass is 501 g/mol. The lowest BCUT2D eigenvalue weighted by Crippen LogP contribution is -2.33. The van der Waals surface area contributed by atoms with E-state index in [2.05, 4.69) is 5.32 Å². The van der Waals surface area contributed by atoms with Crippen molar-refractivity contribution in [2.45, 2.75) is 38.3 Å². The highest BCUT2D eigenvalue weighted by Crippen LogP contribution is 2.32. The minimum atomic E-state index is -0.636. The molecule has 1 aliphatic heterocycles. The molecule has 0 aromatic heterocycles. The number of carbonyl (C=O) groups is 2. The van der Waals surface area contributed by atoms with Crippen molar-refractivity contribution in [3.63, 3.8) is 0 Å². The summed E-state index contributed by atoms with van der Waals surface area (Å²) in [6.45, 7) is 0.759. The summed E-state index contributed by atoms with van der Waals surface area (Å²) in [7, 11) is 1.35. The zero-order valence-electron chi connectivity index (χ0n) is 20.8. The van der Waals surface area contributed by atoms with E-state index in [0.29, 0.717) is 31.6 Å². The Hall–Kier alpha value is -3.94. The first kappa shape index (κ1) is 26.1. The quantitative estimate of drug-likeness (QED) is 0.404. The number of esters is 1. The Morgan fingerprint density at radius 1 is 0.946 bits per heavy atom. The molecule has 0 fully saturated rings. The van der Waals surface area contributed by atoms with Crippen LogP contribution < -0.4 is 5.32 Å². The summed E-state index contributed by atoms with van der Waals surface area (Å²) >= 11 is 0.